The fraction of sp³-hybridized carbons (Fsp3) is 0.0833. The molecular weight excluding hydrogens is 621 g/mol. The second-order valence-corrected chi connectivity index (χ2v) is 13.8. The fourth-order valence-corrected chi connectivity index (χ4v) is 7.67. The van der Waals surface area contributed by atoms with Gasteiger partial charge in [0.1, 0.15) is 11.2 Å². The molecule has 0 bridgehead atoms. The monoisotopic (exact) mass is 658 g/mol. The number of hydrogen-bond donors (Lipinski definition) is 0. The molecular formula is C48H38N2O. The SMILES string of the molecule is Cc1cccc(N(c2cccc(C)c2)c2cc3c4cc(N(c5cccc(C)c5)c5cccc(C)c5)c5ccccc5c4oc3c3ccccc23)c1. The lowest BCUT2D eigenvalue weighted by Gasteiger charge is -2.28. The highest BCUT2D eigenvalue weighted by molar-refractivity contribution is 6.25. The lowest BCUT2D eigenvalue weighted by molar-refractivity contribution is 0.676. The summed E-state index contributed by atoms with van der Waals surface area (Å²) in [4.78, 5) is 4.79. The van der Waals surface area contributed by atoms with Crippen molar-refractivity contribution in [2.75, 3.05) is 9.80 Å². The second-order valence-electron chi connectivity index (χ2n) is 13.8. The van der Waals surface area contributed by atoms with Crippen LogP contribution in [-0.4, -0.2) is 0 Å². The van der Waals surface area contributed by atoms with Crippen LogP contribution in [0.3, 0.4) is 0 Å². The molecule has 0 unspecified atom stereocenters. The molecule has 9 rings (SSSR count). The van der Waals surface area contributed by atoms with Crippen molar-refractivity contribution >= 4 is 77.6 Å². The fourth-order valence-electron chi connectivity index (χ4n) is 7.67. The minimum Gasteiger partial charge on any atom is -0.455 e. The first-order valence-corrected chi connectivity index (χ1v) is 17.6. The predicted molar refractivity (Wildman–Crippen MR) is 217 cm³/mol. The average molecular weight is 659 g/mol. The Hall–Kier alpha value is -6.32. The molecule has 0 aliphatic heterocycles. The second kappa shape index (κ2) is 12.2. The molecule has 1 aromatic heterocycles. The number of rotatable bonds is 6. The topological polar surface area (TPSA) is 19.6 Å². The molecule has 0 radical (unpaired) electrons. The van der Waals surface area contributed by atoms with Gasteiger partial charge in [-0.25, -0.2) is 0 Å². The van der Waals surface area contributed by atoms with Crippen molar-refractivity contribution < 1.29 is 4.42 Å². The molecule has 0 aliphatic rings. The van der Waals surface area contributed by atoms with Gasteiger partial charge < -0.3 is 14.2 Å². The molecule has 1 heterocycles. The summed E-state index contributed by atoms with van der Waals surface area (Å²) < 4.78 is 7.01. The molecule has 0 spiro atoms. The lowest BCUT2D eigenvalue weighted by atomic mass is 9.99. The van der Waals surface area contributed by atoms with Crippen molar-refractivity contribution in [3.8, 4) is 0 Å². The van der Waals surface area contributed by atoms with Crippen molar-refractivity contribution in [2.45, 2.75) is 27.7 Å². The van der Waals surface area contributed by atoms with E-state index >= 15 is 0 Å². The Morgan fingerprint density at radius 2 is 0.627 bits per heavy atom. The van der Waals surface area contributed by atoms with E-state index < -0.39 is 0 Å². The molecule has 246 valence electrons. The zero-order valence-corrected chi connectivity index (χ0v) is 29.3. The van der Waals surface area contributed by atoms with Gasteiger partial charge in [-0.05, 0) is 111 Å². The van der Waals surface area contributed by atoms with Crippen LogP contribution in [-0.2, 0) is 0 Å². The highest BCUT2D eigenvalue weighted by Gasteiger charge is 2.24. The number of aryl methyl sites for hydroxylation is 4. The molecule has 8 aromatic carbocycles. The summed E-state index contributed by atoms with van der Waals surface area (Å²) in [6.07, 6.45) is 0. The molecule has 3 heteroatoms. The summed E-state index contributed by atoms with van der Waals surface area (Å²) >= 11 is 0. The third-order valence-corrected chi connectivity index (χ3v) is 9.96. The van der Waals surface area contributed by atoms with Gasteiger partial charge in [-0.15, -0.1) is 0 Å². The minimum absolute atomic E-state index is 0.901. The van der Waals surface area contributed by atoms with Gasteiger partial charge in [0, 0.05) is 55.1 Å². The summed E-state index contributed by atoms with van der Waals surface area (Å²) in [5.41, 5.74) is 13.4. The molecule has 0 atom stereocenters. The van der Waals surface area contributed by atoms with Crippen LogP contribution in [0.15, 0.2) is 162 Å². The largest absolute Gasteiger partial charge is 0.455 e. The van der Waals surface area contributed by atoms with Gasteiger partial charge in [0.15, 0.2) is 0 Å². The quantitative estimate of drug-likeness (QED) is 0.177. The van der Waals surface area contributed by atoms with Crippen LogP contribution in [0.4, 0.5) is 34.1 Å². The van der Waals surface area contributed by atoms with E-state index in [4.69, 9.17) is 4.42 Å². The Labute approximate surface area is 298 Å². The summed E-state index contributed by atoms with van der Waals surface area (Å²) in [6, 6.07) is 57.1. The summed E-state index contributed by atoms with van der Waals surface area (Å²) in [7, 11) is 0. The minimum atomic E-state index is 0.901. The number of nitrogens with zero attached hydrogens (tertiary/aromatic N) is 2. The zero-order valence-electron chi connectivity index (χ0n) is 29.3. The maximum atomic E-state index is 7.01. The van der Waals surface area contributed by atoms with Gasteiger partial charge in [0.25, 0.3) is 0 Å². The number of anilines is 6. The molecule has 9 aromatic rings. The van der Waals surface area contributed by atoms with Crippen molar-refractivity contribution in [1.29, 1.82) is 0 Å². The normalized spacial score (nSPS) is 11.5. The first-order chi connectivity index (χ1) is 24.9. The average Bonchev–Trinajstić information content (AvgIpc) is 3.51. The lowest BCUT2D eigenvalue weighted by Crippen LogP contribution is -2.11. The van der Waals surface area contributed by atoms with Crippen molar-refractivity contribution in [3.63, 3.8) is 0 Å². The highest BCUT2D eigenvalue weighted by atomic mass is 16.3. The van der Waals surface area contributed by atoms with E-state index in [1.807, 2.05) is 0 Å². The van der Waals surface area contributed by atoms with Gasteiger partial charge in [0.05, 0.1) is 11.4 Å². The first-order valence-electron chi connectivity index (χ1n) is 17.6. The molecule has 51 heavy (non-hydrogen) atoms. The summed E-state index contributed by atoms with van der Waals surface area (Å²) in [5, 5.41) is 6.63. The van der Waals surface area contributed by atoms with Crippen LogP contribution in [0.5, 0.6) is 0 Å². The molecule has 0 saturated heterocycles. The van der Waals surface area contributed by atoms with Crippen LogP contribution in [0.2, 0.25) is 0 Å². The zero-order chi connectivity index (χ0) is 34.6. The number of fused-ring (bicyclic) bond motifs is 7. The number of benzene rings is 8. The maximum Gasteiger partial charge on any atom is 0.143 e. The van der Waals surface area contributed by atoms with Crippen LogP contribution >= 0.6 is 0 Å². The van der Waals surface area contributed by atoms with E-state index in [0.29, 0.717) is 0 Å². The smallest absolute Gasteiger partial charge is 0.143 e. The van der Waals surface area contributed by atoms with Crippen LogP contribution in [0.1, 0.15) is 22.3 Å². The van der Waals surface area contributed by atoms with E-state index in [2.05, 4.69) is 195 Å². The summed E-state index contributed by atoms with van der Waals surface area (Å²) in [6.45, 7) is 8.63. The van der Waals surface area contributed by atoms with Crippen molar-refractivity contribution in [2.24, 2.45) is 0 Å². The maximum absolute atomic E-state index is 7.01. The molecule has 0 amide bonds. The Bertz CT molecular complexity index is 2490. The first kappa shape index (κ1) is 30.7. The van der Waals surface area contributed by atoms with Crippen LogP contribution in [0.25, 0.3) is 43.5 Å². The third kappa shape index (κ3) is 5.30. The van der Waals surface area contributed by atoms with E-state index in [0.717, 1.165) is 77.6 Å². The molecule has 3 nitrogen and oxygen atoms in total. The van der Waals surface area contributed by atoms with Gasteiger partial charge in [-0.3, -0.25) is 0 Å². The van der Waals surface area contributed by atoms with Gasteiger partial charge in [-0.2, -0.15) is 0 Å². The van der Waals surface area contributed by atoms with Gasteiger partial charge >= 0.3 is 0 Å². The number of furan rings is 1. The Balaban J connectivity index is 1.40. The van der Waals surface area contributed by atoms with E-state index in [1.54, 1.807) is 0 Å². The summed E-state index contributed by atoms with van der Waals surface area (Å²) in [5.74, 6) is 0. The van der Waals surface area contributed by atoms with Gasteiger partial charge in [-0.1, -0.05) is 97.1 Å². The Morgan fingerprint density at radius 1 is 0.314 bits per heavy atom. The van der Waals surface area contributed by atoms with Crippen LogP contribution < -0.4 is 9.80 Å². The Morgan fingerprint density at radius 3 is 0.941 bits per heavy atom. The molecule has 0 saturated carbocycles. The predicted octanol–water partition coefficient (Wildman–Crippen LogP) is 14.1. The van der Waals surface area contributed by atoms with Crippen molar-refractivity contribution in [3.05, 3.63) is 180 Å². The van der Waals surface area contributed by atoms with E-state index in [-0.39, 0.29) is 0 Å². The number of hydrogen-bond acceptors (Lipinski definition) is 3. The molecule has 0 aliphatic carbocycles. The van der Waals surface area contributed by atoms with Crippen LogP contribution in [0, 0.1) is 27.7 Å². The van der Waals surface area contributed by atoms with E-state index in [9.17, 15) is 0 Å². The highest BCUT2D eigenvalue weighted by Crippen LogP contribution is 2.48. The standard InChI is InChI=1S/C48H38N2O/c1-31-13-9-17-35(25-31)49(36-18-10-14-32(2)26-36)45-29-43-44-30-46(50(37-19-11-15-33(3)27-37)38-20-12-16-34(4)28-38)40-22-6-8-24-42(40)48(44)51-47(43)41-23-7-5-21-39(41)45/h5-30H,1-4H3. The van der Waals surface area contributed by atoms with Crippen molar-refractivity contribution in [1.82, 2.24) is 0 Å². The van der Waals surface area contributed by atoms with Gasteiger partial charge in [0.2, 0.25) is 0 Å². The Kier molecular flexibility index (Phi) is 7.36. The molecule has 0 fully saturated rings. The molecule has 0 N–H and O–H groups in total. The van der Waals surface area contributed by atoms with E-state index in [1.165, 1.54) is 22.3 Å². The third-order valence-electron chi connectivity index (χ3n) is 9.96.